The maximum absolute atomic E-state index is 12.8. The van der Waals surface area contributed by atoms with Crippen molar-refractivity contribution in [1.29, 1.82) is 0 Å². The monoisotopic (exact) mass is 293 g/mol. The Morgan fingerprint density at radius 3 is 2.67 bits per heavy atom. The van der Waals surface area contributed by atoms with Crippen molar-refractivity contribution in [2.24, 2.45) is 0 Å². The normalized spacial score (nSPS) is 18.0. The Labute approximate surface area is 120 Å². The maximum Gasteiger partial charge on any atom is 0.416 e. The first-order chi connectivity index (χ1) is 9.95. The van der Waals surface area contributed by atoms with Crippen molar-refractivity contribution >= 4 is 5.69 Å². The first-order valence-electron chi connectivity index (χ1n) is 6.69. The molecule has 2 nitrogen and oxygen atoms in total. The highest BCUT2D eigenvalue weighted by Gasteiger charge is 2.31. The Morgan fingerprint density at radius 1 is 1.10 bits per heavy atom. The number of hydrogen-bond acceptors (Lipinski definition) is 2. The minimum Gasteiger partial charge on any atom is -0.508 e. The second-order valence-corrected chi connectivity index (χ2v) is 5.16. The van der Waals surface area contributed by atoms with Crippen LogP contribution < -0.4 is 5.32 Å². The van der Waals surface area contributed by atoms with Crippen molar-refractivity contribution in [3.63, 3.8) is 0 Å². The molecule has 2 aromatic rings. The van der Waals surface area contributed by atoms with Gasteiger partial charge < -0.3 is 10.4 Å². The number of halogens is 3. The van der Waals surface area contributed by atoms with Crippen LogP contribution in [0.4, 0.5) is 18.9 Å². The fourth-order valence-corrected chi connectivity index (χ4v) is 2.79. The molecule has 0 amide bonds. The minimum atomic E-state index is -4.33. The van der Waals surface area contributed by atoms with Crippen molar-refractivity contribution < 1.29 is 18.3 Å². The smallest absolute Gasteiger partial charge is 0.416 e. The van der Waals surface area contributed by atoms with Gasteiger partial charge in [-0.05, 0) is 29.7 Å². The zero-order valence-electron chi connectivity index (χ0n) is 11.1. The van der Waals surface area contributed by atoms with Gasteiger partial charge in [0.2, 0.25) is 0 Å². The first kappa shape index (κ1) is 13.8. The van der Waals surface area contributed by atoms with Gasteiger partial charge in [0.1, 0.15) is 5.75 Å². The van der Waals surface area contributed by atoms with Crippen LogP contribution in [0.3, 0.4) is 0 Å². The van der Waals surface area contributed by atoms with E-state index in [0.29, 0.717) is 12.1 Å². The van der Waals surface area contributed by atoms with Gasteiger partial charge in [-0.2, -0.15) is 13.2 Å². The largest absolute Gasteiger partial charge is 0.508 e. The highest BCUT2D eigenvalue weighted by molar-refractivity contribution is 5.60. The summed E-state index contributed by atoms with van der Waals surface area (Å²) in [5.74, 6) is 0.0510. The zero-order chi connectivity index (χ0) is 15.0. The van der Waals surface area contributed by atoms with E-state index in [-0.39, 0.29) is 11.7 Å². The molecule has 3 rings (SSSR count). The number of phenols is 1. The summed E-state index contributed by atoms with van der Waals surface area (Å²) in [7, 11) is 0. The van der Waals surface area contributed by atoms with Crippen molar-refractivity contribution in [2.75, 3.05) is 11.9 Å². The predicted molar refractivity (Wildman–Crippen MR) is 74.5 cm³/mol. The average Bonchev–Trinajstić information content (AvgIpc) is 2.45. The number of aromatic hydroxyl groups is 1. The molecule has 0 aromatic heterocycles. The summed E-state index contributed by atoms with van der Waals surface area (Å²) in [6.07, 6.45) is -3.61. The van der Waals surface area contributed by atoms with Gasteiger partial charge in [0.25, 0.3) is 0 Å². The number of nitrogens with one attached hydrogen (secondary N) is 1. The molecule has 1 aliphatic rings. The highest BCUT2D eigenvalue weighted by Crippen LogP contribution is 2.39. The van der Waals surface area contributed by atoms with Crippen molar-refractivity contribution in [3.8, 4) is 5.75 Å². The summed E-state index contributed by atoms with van der Waals surface area (Å²) < 4.78 is 38.5. The third-order valence-corrected chi connectivity index (χ3v) is 3.78. The molecule has 0 bridgehead atoms. The average molecular weight is 293 g/mol. The van der Waals surface area contributed by atoms with E-state index in [1.54, 1.807) is 24.3 Å². The summed E-state index contributed by atoms with van der Waals surface area (Å²) in [6.45, 7) is 0.664. The molecule has 21 heavy (non-hydrogen) atoms. The lowest BCUT2D eigenvalue weighted by Gasteiger charge is -2.27. The van der Waals surface area contributed by atoms with E-state index in [4.69, 9.17) is 0 Å². The van der Waals surface area contributed by atoms with E-state index in [0.717, 1.165) is 23.7 Å². The van der Waals surface area contributed by atoms with E-state index in [9.17, 15) is 18.3 Å². The standard InChI is InChI=1S/C16H14F3NO/c17-16(18,19)11-3-1-2-10(8-11)13-6-7-20-15-9-12(21)4-5-14(13)15/h1-5,8-9,13,20-21H,6-7H2. The fraction of sp³-hybridized carbons (Fsp3) is 0.250. The van der Waals surface area contributed by atoms with Gasteiger partial charge in [0.05, 0.1) is 5.56 Å². The van der Waals surface area contributed by atoms with E-state index in [1.165, 1.54) is 12.1 Å². The Hall–Kier alpha value is -2.17. The molecule has 0 saturated heterocycles. The highest BCUT2D eigenvalue weighted by atomic mass is 19.4. The number of benzene rings is 2. The molecular weight excluding hydrogens is 279 g/mol. The molecule has 1 unspecified atom stereocenters. The molecule has 2 N–H and O–H groups in total. The van der Waals surface area contributed by atoms with E-state index >= 15 is 0 Å². The van der Waals surface area contributed by atoms with E-state index in [1.807, 2.05) is 0 Å². The number of hydrogen-bond donors (Lipinski definition) is 2. The molecule has 1 aliphatic heterocycles. The van der Waals surface area contributed by atoms with Crippen LogP contribution in [0.2, 0.25) is 0 Å². The summed E-state index contributed by atoms with van der Waals surface area (Å²) >= 11 is 0. The van der Waals surface area contributed by atoms with Crippen LogP contribution in [-0.2, 0) is 6.18 Å². The van der Waals surface area contributed by atoms with Crippen LogP contribution >= 0.6 is 0 Å². The van der Waals surface area contributed by atoms with Crippen molar-refractivity contribution in [2.45, 2.75) is 18.5 Å². The first-order valence-corrected chi connectivity index (χ1v) is 6.69. The van der Waals surface area contributed by atoms with E-state index in [2.05, 4.69) is 5.32 Å². The SMILES string of the molecule is Oc1ccc2c(c1)NCCC2c1cccc(C(F)(F)F)c1. The van der Waals surface area contributed by atoms with Crippen LogP contribution in [0.5, 0.6) is 5.75 Å². The van der Waals surface area contributed by atoms with Crippen LogP contribution in [0.25, 0.3) is 0 Å². The Morgan fingerprint density at radius 2 is 1.90 bits per heavy atom. The molecule has 5 heteroatoms. The molecular formula is C16H14F3NO. The molecule has 0 fully saturated rings. The van der Waals surface area contributed by atoms with Gasteiger partial charge >= 0.3 is 6.18 Å². The molecule has 1 atom stereocenters. The van der Waals surface area contributed by atoms with Crippen LogP contribution in [0.1, 0.15) is 29.0 Å². The molecule has 0 spiro atoms. The summed E-state index contributed by atoms with van der Waals surface area (Å²) in [5, 5.41) is 12.7. The Balaban J connectivity index is 2.03. The summed E-state index contributed by atoms with van der Waals surface area (Å²) in [6, 6.07) is 10.4. The van der Waals surface area contributed by atoms with Gasteiger partial charge in [-0.3, -0.25) is 0 Å². The number of anilines is 1. The van der Waals surface area contributed by atoms with Crippen LogP contribution in [0.15, 0.2) is 42.5 Å². The number of rotatable bonds is 1. The van der Waals surface area contributed by atoms with Gasteiger partial charge in [0.15, 0.2) is 0 Å². The molecule has 110 valence electrons. The molecule has 1 heterocycles. The van der Waals surface area contributed by atoms with Gasteiger partial charge in [-0.15, -0.1) is 0 Å². The van der Waals surface area contributed by atoms with Gasteiger partial charge in [-0.25, -0.2) is 0 Å². The molecule has 0 aliphatic carbocycles. The van der Waals surface area contributed by atoms with Gasteiger partial charge in [-0.1, -0.05) is 24.3 Å². The van der Waals surface area contributed by atoms with E-state index < -0.39 is 11.7 Å². The summed E-state index contributed by atoms with van der Waals surface area (Å²) in [5.41, 5.74) is 1.72. The van der Waals surface area contributed by atoms with Gasteiger partial charge in [0, 0.05) is 24.2 Å². The lowest BCUT2D eigenvalue weighted by Crippen LogP contribution is -2.18. The predicted octanol–water partition coefficient (Wildman–Crippen LogP) is 4.36. The molecule has 0 saturated carbocycles. The number of phenolic OH excluding ortho intramolecular Hbond substituents is 1. The van der Waals surface area contributed by atoms with Crippen LogP contribution in [-0.4, -0.2) is 11.7 Å². The second kappa shape index (κ2) is 4.98. The Bertz CT molecular complexity index is 667. The van der Waals surface area contributed by atoms with Crippen molar-refractivity contribution in [1.82, 2.24) is 0 Å². The zero-order valence-corrected chi connectivity index (χ0v) is 11.1. The Kier molecular flexibility index (Phi) is 3.27. The van der Waals surface area contributed by atoms with Crippen LogP contribution in [0, 0.1) is 0 Å². The quantitative estimate of drug-likeness (QED) is 0.819. The minimum absolute atomic E-state index is 0.0934. The molecule has 0 radical (unpaired) electrons. The third kappa shape index (κ3) is 2.68. The fourth-order valence-electron chi connectivity index (χ4n) is 2.79. The molecule has 2 aromatic carbocycles. The lowest BCUT2D eigenvalue weighted by molar-refractivity contribution is -0.137. The number of alkyl halides is 3. The lowest BCUT2D eigenvalue weighted by atomic mass is 9.84. The third-order valence-electron chi connectivity index (χ3n) is 3.78. The topological polar surface area (TPSA) is 32.3 Å². The number of fused-ring (bicyclic) bond motifs is 1. The maximum atomic E-state index is 12.8. The second-order valence-electron chi connectivity index (χ2n) is 5.16. The van der Waals surface area contributed by atoms with Crippen molar-refractivity contribution in [3.05, 3.63) is 59.2 Å². The summed E-state index contributed by atoms with van der Waals surface area (Å²) in [4.78, 5) is 0.